The van der Waals surface area contributed by atoms with E-state index in [0.29, 0.717) is 0 Å². The SMILES string of the molecule is CC1=C(C(c2ccc(C(C)(C)C)cc2)C2c3cc(C(C)(C)C)ccc3-c3c(-c4ccccc4)cc(C(C)(C)C)cc32)C=C(C(C)(C)C)C1. The number of allylic oxidation sites excluding steroid dienone is 4. The minimum Gasteiger partial charge on any atom is -0.0654 e. The number of benzene rings is 4. The maximum atomic E-state index is 2.59. The second-order valence-corrected chi connectivity index (χ2v) is 18.8. The highest BCUT2D eigenvalue weighted by Crippen LogP contribution is 2.59. The van der Waals surface area contributed by atoms with Crippen LogP contribution in [0, 0.1) is 5.41 Å². The van der Waals surface area contributed by atoms with Gasteiger partial charge in [-0.2, -0.15) is 0 Å². The predicted octanol–water partition coefficient (Wildman–Crippen LogP) is 13.8. The first-order valence-corrected chi connectivity index (χ1v) is 18.1. The molecule has 0 aromatic heterocycles. The third-order valence-electron chi connectivity index (χ3n) is 11.0. The molecule has 0 N–H and O–H groups in total. The summed E-state index contributed by atoms with van der Waals surface area (Å²) in [5.74, 6) is 0.399. The normalized spacial score (nSPS) is 17.4. The van der Waals surface area contributed by atoms with Crippen molar-refractivity contribution >= 4 is 0 Å². The molecular weight excluding hydrogens is 577 g/mol. The van der Waals surface area contributed by atoms with E-state index in [2.05, 4.69) is 181 Å². The Kier molecular flexibility index (Phi) is 8.38. The van der Waals surface area contributed by atoms with Crippen LogP contribution in [0.1, 0.15) is 142 Å². The van der Waals surface area contributed by atoms with Gasteiger partial charge in [-0.25, -0.2) is 0 Å². The molecule has 0 amide bonds. The lowest BCUT2D eigenvalue weighted by Crippen LogP contribution is -2.17. The van der Waals surface area contributed by atoms with E-state index in [9.17, 15) is 0 Å². The molecule has 0 heterocycles. The molecule has 4 aromatic carbocycles. The molecular formula is C48H58. The van der Waals surface area contributed by atoms with Crippen LogP contribution in [0.5, 0.6) is 0 Å². The van der Waals surface area contributed by atoms with Crippen molar-refractivity contribution in [2.45, 2.75) is 125 Å². The summed E-state index contributed by atoms with van der Waals surface area (Å²) in [4.78, 5) is 0. The minimum atomic E-state index is 0.0140. The first-order chi connectivity index (χ1) is 22.2. The summed E-state index contributed by atoms with van der Waals surface area (Å²) in [6.45, 7) is 30.6. The lowest BCUT2D eigenvalue weighted by Gasteiger charge is -2.31. The zero-order valence-corrected chi connectivity index (χ0v) is 32.0. The van der Waals surface area contributed by atoms with Gasteiger partial charge in [0.2, 0.25) is 0 Å². The Hall–Kier alpha value is -3.64. The van der Waals surface area contributed by atoms with Gasteiger partial charge in [0.15, 0.2) is 0 Å². The second kappa shape index (κ2) is 11.8. The van der Waals surface area contributed by atoms with Gasteiger partial charge in [0.1, 0.15) is 0 Å². The van der Waals surface area contributed by atoms with Gasteiger partial charge < -0.3 is 0 Å². The molecule has 250 valence electrons. The van der Waals surface area contributed by atoms with Crippen LogP contribution in [0.25, 0.3) is 22.3 Å². The molecule has 2 aliphatic carbocycles. The second-order valence-electron chi connectivity index (χ2n) is 18.8. The van der Waals surface area contributed by atoms with Crippen molar-refractivity contribution in [1.29, 1.82) is 0 Å². The van der Waals surface area contributed by atoms with Crippen molar-refractivity contribution in [3.8, 4) is 22.3 Å². The van der Waals surface area contributed by atoms with Gasteiger partial charge in [0.05, 0.1) is 0 Å². The third kappa shape index (κ3) is 6.29. The van der Waals surface area contributed by atoms with Crippen molar-refractivity contribution in [2.75, 3.05) is 0 Å². The van der Waals surface area contributed by atoms with Gasteiger partial charge in [-0.3, -0.25) is 0 Å². The summed E-state index contributed by atoms with van der Waals surface area (Å²) in [5, 5.41) is 0. The quantitative estimate of drug-likeness (QED) is 0.209. The van der Waals surface area contributed by atoms with Crippen LogP contribution >= 0.6 is 0 Å². The summed E-state index contributed by atoms with van der Waals surface area (Å²) in [6, 6.07) is 33.3. The fraction of sp³-hybridized carbons (Fsp3) is 0.417. The van der Waals surface area contributed by atoms with Gasteiger partial charge in [-0.15, -0.1) is 0 Å². The molecule has 0 heteroatoms. The van der Waals surface area contributed by atoms with E-state index in [1.54, 1.807) is 5.57 Å². The van der Waals surface area contributed by atoms with E-state index in [1.807, 2.05) is 0 Å². The third-order valence-corrected chi connectivity index (χ3v) is 11.0. The van der Waals surface area contributed by atoms with E-state index in [4.69, 9.17) is 0 Å². The molecule has 0 fully saturated rings. The monoisotopic (exact) mass is 634 g/mol. The highest BCUT2D eigenvalue weighted by atomic mass is 14.4. The Morgan fingerprint density at radius 2 is 1.10 bits per heavy atom. The fourth-order valence-corrected chi connectivity index (χ4v) is 7.86. The summed E-state index contributed by atoms with van der Waals surface area (Å²) in [6.07, 6.45) is 3.65. The van der Waals surface area contributed by atoms with Crippen LogP contribution in [0.15, 0.2) is 108 Å². The van der Waals surface area contributed by atoms with Crippen LogP contribution in [0.2, 0.25) is 0 Å². The van der Waals surface area contributed by atoms with E-state index in [1.165, 1.54) is 66.8 Å². The summed E-state index contributed by atoms with van der Waals surface area (Å²) in [5.41, 5.74) is 18.9. The predicted molar refractivity (Wildman–Crippen MR) is 209 cm³/mol. The number of fused-ring (bicyclic) bond motifs is 3. The van der Waals surface area contributed by atoms with Gasteiger partial charge in [0, 0.05) is 11.8 Å². The Labute approximate surface area is 292 Å². The van der Waals surface area contributed by atoms with Crippen LogP contribution in [-0.4, -0.2) is 0 Å². The summed E-state index contributed by atoms with van der Waals surface area (Å²) < 4.78 is 0. The Balaban J connectivity index is 1.72. The zero-order chi connectivity index (χ0) is 35.0. The molecule has 48 heavy (non-hydrogen) atoms. The van der Waals surface area contributed by atoms with E-state index >= 15 is 0 Å². The molecule has 4 aromatic rings. The standard InChI is InChI=1S/C48H58/c1-30-25-35(47(8,9)10)27-38(30)42(32-19-21-33(22-20-32)45(2,3)4)44-40-26-34(46(5,6)7)23-24-37(40)43-39(31-17-15-14-16-18-31)28-36(29-41(43)44)48(11,12)13/h14-24,26-29,42,44H,25H2,1-13H3. The van der Waals surface area contributed by atoms with Crippen molar-refractivity contribution in [2.24, 2.45) is 5.41 Å². The van der Waals surface area contributed by atoms with Crippen molar-refractivity contribution < 1.29 is 0 Å². The molecule has 0 radical (unpaired) electrons. The molecule has 2 unspecified atom stereocenters. The van der Waals surface area contributed by atoms with Gasteiger partial charge in [-0.1, -0.05) is 179 Å². The Morgan fingerprint density at radius 1 is 0.542 bits per heavy atom. The maximum absolute atomic E-state index is 2.59. The Morgan fingerprint density at radius 3 is 1.65 bits per heavy atom. The molecule has 0 saturated heterocycles. The highest BCUT2D eigenvalue weighted by Gasteiger charge is 2.41. The van der Waals surface area contributed by atoms with Crippen LogP contribution in [0.3, 0.4) is 0 Å². The average Bonchev–Trinajstić information content (AvgIpc) is 3.54. The van der Waals surface area contributed by atoms with E-state index in [-0.39, 0.29) is 33.5 Å². The first kappa shape index (κ1) is 34.2. The lowest BCUT2D eigenvalue weighted by molar-refractivity contribution is 0.494. The number of rotatable bonds is 4. The molecule has 2 aliphatic rings. The molecule has 2 atom stereocenters. The van der Waals surface area contributed by atoms with Gasteiger partial charge in [0.25, 0.3) is 0 Å². The Bertz CT molecular complexity index is 1900. The van der Waals surface area contributed by atoms with Crippen molar-refractivity contribution in [3.63, 3.8) is 0 Å². The van der Waals surface area contributed by atoms with Crippen LogP contribution < -0.4 is 0 Å². The lowest BCUT2D eigenvalue weighted by atomic mass is 9.72. The van der Waals surface area contributed by atoms with E-state index in [0.717, 1.165) is 6.42 Å². The molecule has 0 bridgehead atoms. The van der Waals surface area contributed by atoms with Crippen molar-refractivity contribution in [3.05, 3.63) is 141 Å². The number of hydrogen-bond donors (Lipinski definition) is 0. The fourth-order valence-electron chi connectivity index (χ4n) is 7.86. The minimum absolute atomic E-state index is 0.0140. The molecule has 0 aliphatic heterocycles. The molecule has 0 spiro atoms. The van der Waals surface area contributed by atoms with E-state index < -0.39 is 0 Å². The van der Waals surface area contributed by atoms with Gasteiger partial charge >= 0.3 is 0 Å². The largest absolute Gasteiger partial charge is 0.0654 e. The highest BCUT2D eigenvalue weighted by molar-refractivity contribution is 5.93. The van der Waals surface area contributed by atoms with Crippen LogP contribution in [0.4, 0.5) is 0 Å². The first-order valence-electron chi connectivity index (χ1n) is 18.1. The smallest absolute Gasteiger partial charge is 0.0211 e. The van der Waals surface area contributed by atoms with Gasteiger partial charge in [-0.05, 0) is 102 Å². The zero-order valence-electron chi connectivity index (χ0n) is 32.0. The summed E-state index contributed by atoms with van der Waals surface area (Å²) >= 11 is 0. The van der Waals surface area contributed by atoms with Crippen LogP contribution in [-0.2, 0) is 16.2 Å². The maximum Gasteiger partial charge on any atom is 0.0211 e. The average molecular weight is 635 g/mol. The summed E-state index contributed by atoms with van der Waals surface area (Å²) in [7, 11) is 0. The molecule has 6 rings (SSSR count). The topological polar surface area (TPSA) is 0 Å². The number of hydrogen-bond acceptors (Lipinski definition) is 0. The van der Waals surface area contributed by atoms with Crippen molar-refractivity contribution in [1.82, 2.24) is 0 Å². The molecule has 0 nitrogen and oxygen atoms in total. The molecule has 0 saturated carbocycles.